The fourth-order valence-electron chi connectivity index (χ4n) is 0.852. The second kappa shape index (κ2) is 3.92. The molecular formula is C9H7ClN2O. The summed E-state index contributed by atoms with van der Waals surface area (Å²) in [7, 11) is 0. The SMILES string of the molecule is N#CC(Cl)C(=O)c1ccc(N)cc1. The minimum atomic E-state index is -1.12. The van der Waals surface area contributed by atoms with E-state index >= 15 is 0 Å². The van der Waals surface area contributed by atoms with Crippen LogP contribution >= 0.6 is 11.6 Å². The molecule has 1 aromatic carbocycles. The average Bonchev–Trinajstić information content (AvgIpc) is 2.17. The predicted octanol–water partition coefficient (Wildman–Crippen LogP) is 1.58. The summed E-state index contributed by atoms with van der Waals surface area (Å²) in [5.74, 6) is -0.399. The number of benzene rings is 1. The third kappa shape index (κ3) is 2.20. The second-order valence-corrected chi connectivity index (χ2v) is 2.91. The number of hydrogen-bond donors (Lipinski definition) is 1. The molecule has 0 radical (unpaired) electrons. The van der Waals surface area contributed by atoms with Gasteiger partial charge in [-0.3, -0.25) is 4.79 Å². The molecule has 0 heterocycles. The molecule has 1 rings (SSSR count). The number of anilines is 1. The van der Waals surface area contributed by atoms with Crippen LogP contribution < -0.4 is 5.73 Å². The lowest BCUT2D eigenvalue weighted by atomic mass is 10.1. The van der Waals surface area contributed by atoms with E-state index in [1.54, 1.807) is 30.3 Å². The molecule has 0 spiro atoms. The van der Waals surface area contributed by atoms with Gasteiger partial charge in [0, 0.05) is 11.3 Å². The molecule has 66 valence electrons. The fourth-order valence-corrected chi connectivity index (χ4v) is 0.978. The van der Waals surface area contributed by atoms with Crippen molar-refractivity contribution in [3.05, 3.63) is 29.8 Å². The molecule has 2 N–H and O–H groups in total. The van der Waals surface area contributed by atoms with Gasteiger partial charge in [-0.15, -0.1) is 0 Å². The van der Waals surface area contributed by atoms with E-state index in [0.29, 0.717) is 11.3 Å². The van der Waals surface area contributed by atoms with E-state index in [1.165, 1.54) is 0 Å². The van der Waals surface area contributed by atoms with Gasteiger partial charge in [0.05, 0.1) is 6.07 Å². The van der Waals surface area contributed by atoms with Crippen LogP contribution in [-0.2, 0) is 0 Å². The molecule has 3 nitrogen and oxygen atoms in total. The number of rotatable bonds is 2. The number of nitrogens with two attached hydrogens (primary N) is 1. The molecule has 1 atom stereocenters. The minimum absolute atomic E-state index is 0.399. The molecule has 0 aromatic heterocycles. The number of ketones is 1. The highest BCUT2D eigenvalue weighted by Crippen LogP contribution is 2.10. The molecule has 4 heteroatoms. The van der Waals surface area contributed by atoms with Gasteiger partial charge in [0.25, 0.3) is 0 Å². The number of Topliss-reactive ketones (excluding diaryl/α,β-unsaturated/α-hetero) is 1. The summed E-state index contributed by atoms with van der Waals surface area (Å²) < 4.78 is 0. The smallest absolute Gasteiger partial charge is 0.194 e. The number of hydrogen-bond acceptors (Lipinski definition) is 3. The van der Waals surface area contributed by atoms with Gasteiger partial charge in [-0.2, -0.15) is 5.26 Å². The summed E-state index contributed by atoms with van der Waals surface area (Å²) in [5.41, 5.74) is 6.39. The van der Waals surface area contributed by atoms with Crippen molar-refractivity contribution in [1.29, 1.82) is 5.26 Å². The summed E-state index contributed by atoms with van der Waals surface area (Å²) in [6.45, 7) is 0. The van der Waals surface area contributed by atoms with Crippen LogP contribution in [-0.4, -0.2) is 11.2 Å². The monoisotopic (exact) mass is 194 g/mol. The van der Waals surface area contributed by atoms with Crippen LogP contribution in [0, 0.1) is 11.3 Å². The van der Waals surface area contributed by atoms with E-state index in [2.05, 4.69) is 0 Å². The lowest BCUT2D eigenvalue weighted by Gasteiger charge is -2.00. The maximum Gasteiger partial charge on any atom is 0.194 e. The Balaban J connectivity index is 2.91. The van der Waals surface area contributed by atoms with Crippen molar-refractivity contribution in [3.8, 4) is 6.07 Å². The first-order valence-electron chi connectivity index (χ1n) is 3.58. The third-order valence-corrected chi connectivity index (χ3v) is 1.83. The number of halogens is 1. The van der Waals surface area contributed by atoms with Gasteiger partial charge in [-0.25, -0.2) is 0 Å². The van der Waals surface area contributed by atoms with Crippen molar-refractivity contribution in [1.82, 2.24) is 0 Å². The van der Waals surface area contributed by atoms with Crippen molar-refractivity contribution in [2.24, 2.45) is 0 Å². The molecule has 0 amide bonds. The summed E-state index contributed by atoms with van der Waals surface area (Å²) >= 11 is 5.45. The van der Waals surface area contributed by atoms with E-state index in [-0.39, 0.29) is 0 Å². The number of carbonyl (C=O) groups excluding carboxylic acids is 1. The summed E-state index contributed by atoms with van der Waals surface area (Å²) in [6.07, 6.45) is 0. The zero-order valence-corrected chi connectivity index (χ0v) is 7.45. The number of carbonyl (C=O) groups is 1. The predicted molar refractivity (Wildman–Crippen MR) is 50.4 cm³/mol. The lowest BCUT2D eigenvalue weighted by molar-refractivity contribution is 0.100. The zero-order chi connectivity index (χ0) is 9.84. The Morgan fingerprint density at radius 2 is 2.00 bits per heavy atom. The number of nitrogens with zero attached hydrogens (tertiary/aromatic N) is 1. The Morgan fingerprint density at radius 3 is 2.46 bits per heavy atom. The molecule has 13 heavy (non-hydrogen) atoms. The van der Waals surface area contributed by atoms with Crippen LogP contribution in [0.3, 0.4) is 0 Å². The molecule has 0 aliphatic rings. The number of alkyl halides is 1. The fraction of sp³-hybridized carbons (Fsp3) is 0.111. The van der Waals surface area contributed by atoms with Crippen LogP contribution in [0.5, 0.6) is 0 Å². The van der Waals surface area contributed by atoms with Gasteiger partial charge in [-0.1, -0.05) is 11.6 Å². The molecule has 0 fully saturated rings. The topological polar surface area (TPSA) is 66.9 Å². The molecule has 1 aromatic rings. The van der Waals surface area contributed by atoms with E-state index in [9.17, 15) is 4.79 Å². The Morgan fingerprint density at radius 1 is 1.46 bits per heavy atom. The van der Waals surface area contributed by atoms with Crippen molar-refractivity contribution < 1.29 is 4.79 Å². The van der Waals surface area contributed by atoms with Crippen LogP contribution in [0.15, 0.2) is 24.3 Å². The van der Waals surface area contributed by atoms with Crippen LogP contribution in [0.25, 0.3) is 0 Å². The molecule has 0 saturated carbocycles. The number of nitriles is 1. The van der Waals surface area contributed by atoms with Crippen molar-refractivity contribution in [2.45, 2.75) is 5.38 Å². The summed E-state index contributed by atoms with van der Waals surface area (Å²) in [5, 5.41) is 7.27. The normalized spacial score (nSPS) is 11.7. The Labute approximate surface area is 80.7 Å². The van der Waals surface area contributed by atoms with E-state index in [1.807, 2.05) is 0 Å². The first-order valence-corrected chi connectivity index (χ1v) is 4.02. The van der Waals surface area contributed by atoms with E-state index in [0.717, 1.165) is 0 Å². The van der Waals surface area contributed by atoms with Crippen LogP contribution in [0.2, 0.25) is 0 Å². The van der Waals surface area contributed by atoms with Gasteiger partial charge < -0.3 is 5.73 Å². The Bertz CT molecular complexity index is 353. The highest BCUT2D eigenvalue weighted by atomic mass is 35.5. The molecule has 1 unspecified atom stereocenters. The molecule has 0 aliphatic carbocycles. The van der Waals surface area contributed by atoms with Crippen LogP contribution in [0.1, 0.15) is 10.4 Å². The second-order valence-electron chi connectivity index (χ2n) is 2.48. The lowest BCUT2D eigenvalue weighted by Crippen LogP contribution is -2.12. The van der Waals surface area contributed by atoms with Crippen molar-refractivity contribution in [3.63, 3.8) is 0 Å². The average molecular weight is 195 g/mol. The zero-order valence-electron chi connectivity index (χ0n) is 6.70. The maximum absolute atomic E-state index is 11.3. The van der Waals surface area contributed by atoms with Crippen molar-refractivity contribution in [2.75, 3.05) is 5.73 Å². The highest BCUT2D eigenvalue weighted by molar-refractivity contribution is 6.35. The van der Waals surface area contributed by atoms with Gasteiger partial charge in [0.15, 0.2) is 11.2 Å². The first kappa shape index (κ1) is 9.56. The highest BCUT2D eigenvalue weighted by Gasteiger charge is 2.15. The quantitative estimate of drug-likeness (QED) is 0.442. The molecule has 0 bridgehead atoms. The standard InChI is InChI=1S/C9H7ClN2O/c10-8(5-11)9(13)6-1-3-7(12)4-2-6/h1-4,8H,12H2. The Hall–Kier alpha value is -1.53. The van der Waals surface area contributed by atoms with E-state index < -0.39 is 11.2 Å². The molecule has 0 aliphatic heterocycles. The van der Waals surface area contributed by atoms with Crippen LogP contribution in [0.4, 0.5) is 5.69 Å². The van der Waals surface area contributed by atoms with E-state index in [4.69, 9.17) is 22.6 Å². The van der Waals surface area contributed by atoms with Gasteiger partial charge in [-0.05, 0) is 24.3 Å². The molecule has 0 saturated heterocycles. The van der Waals surface area contributed by atoms with Gasteiger partial charge in [0.1, 0.15) is 0 Å². The Kier molecular flexibility index (Phi) is 2.88. The summed E-state index contributed by atoms with van der Waals surface area (Å²) in [4.78, 5) is 11.3. The van der Waals surface area contributed by atoms with Gasteiger partial charge in [0.2, 0.25) is 0 Å². The first-order chi connectivity index (χ1) is 6.15. The minimum Gasteiger partial charge on any atom is -0.399 e. The third-order valence-electron chi connectivity index (χ3n) is 1.54. The number of nitrogen functional groups attached to an aromatic ring is 1. The largest absolute Gasteiger partial charge is 0.399 e. The summed E-state index contributed by atoms with van der Waals surface area (Å²) in [6, 6.07) is 7.94. The molecular weight excluding hydrogens is 188 g/mol. The van der Waals surface area contributed by atoms with Gasteiger partial charge >= 0.3 is 0 Å². The maximum atomic E-state index is 11.3. The van der Waals surface area contributed by atoms with Crippen molar-refractivity contribution >= 4 is 23.1 Å².